The van der Waals surface area contributed by atoms with Crippen molar-refractivity contribution >= 4 is 23.9 Å². The van der Waals surface area contributed by atoms with Crippen LogP contribution in [0.4, 0.5) is 18.0 Å². The number of halogens is 3. The summed E-state index contributed by atoms with van der Waals surface area (Å²) < 4.78 is 41.2. The average molecular weight is 370 g/mol. The summed E-state index contributed by atoms with van der Waals surface area (Å²) >= 11 is 0.948. The summed E-state index contributed by atoms with van der Waals surface area (Å²) in [4.78, 5) is 24.4. The molecule has 0 aliphatic rings. The molecule has 2 aromatic carbocycles. The molecule has 0 saturated carbocycles. The summed E-state index contributed by atoms with van der Waals surface area (Å²) in [5.74, 6) is -0.907. The van der Waals surface area contributed by atoms with Crippen LogP contribution < -0.4 is 10.1 Å². The van der Waals surface area contributed by atoms with Gasteiger partial charge in [0.05, 0.1) is 0 Å². The lowest BCUT2D eigenvalue weighted by molar-refractivity contribution is -0.274. The molecule has 25 heavy (non-hydrogen) atoms. The van der Waals surface area contributed by atoms with Crippen LogP contribution in [0.15, 0.2) is 59.5 Å². The predicted octanol–water partition coefficient (Wildman–Crippen LogP) is 4.07. The Hall–Kier alpha value is -2.68. The molecule has 1 N–H and O–H groups in total. The summed E-state index contributed by atoms with van der Waals surface area (Å²) in [5, 5.41) is 2.21. The smallest absolute Gasteiger partial charge is 0.406 e. The van der Waals surface area contributed by atoms with Crippen LogP contribution in [0.1, 0.15) is 10.4 Å². The molecular formula is C16H13F3N2O3S. The van der Waals surface area contributed by atoms with E-state index in [0.717, 1.165) is 28.4 Å². The molecule has 0 fully saturated rings. The number of amides is 3. The Kier molecular flexibility index (Phi) is 5.92. The van der Waals surface area contributed by atoms with Crippen molar-refractivity contribution in [3.05, 3.63) is 60.2 Å². The van der Waals surface area contributed by atoms with E-state index in [1.54, 1.807) is 30.3 Å². The molecule has 0 aromatic heterocycles. The van der Waals surface area contributed by atoms with E-state index in [-0.39, 0.29) is 5.75 Å². The first kappa shape index (κ1) is 18.7. The molecule has 0 atom stereocenters. The number of nitrogens with zero attached hydrogens (tertiary/aromatic N) is 1. The van der Waals surface area contributed by atoms with Gasteiger partial charge in [-0.3, -0.25) is 14.4 Å². The third kappa shape index (κ3) is 6.03. The number of rotatable bonds is 4. The molecule has 0 bridgehead atoms. The van der Waals surface area contributed by atoms with E-state index < -0.39 is 18.3 Å². The number of ether oxygens (including phenoxy) is 1. The largest absolute Gasteiger partial charge is 0.573 e. The van der Waals surface area contributed by atoms with E-state index in [0.29, 0.717) is 10.5 Å². The third-order valence-electron chi connectivity index (χ3n) is 2.84. The normalized spacial score (nSPS) is 10.9. The maximum atomic E-state index is 12.1. The van der Waals surface area contributed by atoms with E-state index in [2.05, 4.69) is 10.1 Å². The van der Waals surface area contributed by atoms with Crippen molar-refractivity contribution in [3.8, 4) is 5.75 Å². The van der Waals surface area contributed by atoms with Crippen molar-refractivity contribution < 1.29 is 27.5 Å². The van der Waals surface area contributed by atoms with Gasteiger partial charge in [0.25, 0.3) is 5.91 Å². The van der Waals surface area contributed by atoms with Gasteiger partial charge < -0.3 is 4.74 Å². The molecule has 3 amide bonds. The number of carbonyl (C=O) groups excluding carboxylic acids is 2. The fourth-order valence-electron chi connectivity index (χ4n) is 1.74. The van der Waals surface area contributed by atoms with Crippen molar-refractivity contribution in [1.29, 1.82) is 0 Å². The van der Waals surface area contributed by atoms with Gasteiger partial charge in [-0.05, 0) is 48.3 Å². The second-order valence-electron chi connectivity index (χ2n) is 4.73. The lowest BCUT2D eigenvalue weighted by Gasteiger charge is -2.16. The zero-order valence-corrected chi connectivity index (χ0v) is 13.7. The van der Waals surface area contributed by atoms with Crippen molar-refractivity contribution in [2.75, 3.05) is 7.05 Å². The molecule has 2 aromatic rings. The molecule has 132 valence electrons. The summed E-state index contributed by atoms with van der Waals surface area (Å²) in [6, 6.07) is 12.6. The van der Waals surface area contributed by atoms with Crippen LogP contribution in [-0.4, -0.2) is 29.7 Å². The van der Waals surface area contributed by atoms with E-state index in [1.165, 1.54) is 19.2 Å². The molecule has 0 aliphatic carbocycles. The summed E-state index contributed by atoms with van der Waals surface area (Å²) in [7, 11) is 1.43. The number of hydrogen-bond acceptors (Lipinski definition) is 4. The van der Waals surface area contributed by atoms with Gasteiger partial charge in [0.1, 0.15) is 5.75 Å². The zero-order chi connectivity index (χ0) is 18.4. The summed E-state index contributed by atoms with van der Waals surface area (Å²) in [6.07, 6.45) is -4.76. The second-order valence-corrected chi connectivity index (χ2v) is 5.93. The van der Waals surface area contributed by atoms with Gasteiger partial charge in [-0.25, -0.2) is 4.79 Å². The first-order valence-corrected chi connectivity index (χ1v) is 7.70. The highest BCUT2D eigenvalue weighted by Gasteiger charge is 2.31. The van der Waals surface area contributed by atoms with E-state index >= 15 is 0 Å². The van der Waals surface area contributed by atoms with Gasteiger partial charge in [0.15, 0.2) is 0 Å². The van der Waals surface area contributed by atoms with Crippen LogP contribution in [-0.2, 0) is 0 Å². The Balaban J connectivity index is 1.91. The number of imide groups is 1. The van der Waals surface area contributed by atoms with Crippen LogP contribution in [0.2, 0.25) is 0 Å². The molecule has 0 heterocycles. The third-order valence-corrected chi connectivity index (χ3v) is 3.76. The first-order chi connectivity index (χ1) is 11.7. The average Bonchev–Trinajstić information content (AvgIpc) is 2.56. The number of carbonyl (C=O) groups is 2. The summed E-state index contributed by atoms with van der Waals surface area (Å²) in [6.45, 7) is 0. The van der Waals surface area contributed by atoms with Gasteiger partial charge in [-0.15, -0.1) is 13.2 Å². The van der Waals surface area contributed by atoms with Gasteiger partial charge in [-0.1, -0.05) is 18.2 Å². The monoisotopic (exact) mass is 370 g/mol. The molecule has 0 spiro atoms. The minimum atomic E-state index is -4.76. The number of nitrogens with one attached hydrogen (secondary N) is 1. The molecule has 0 saturated heterocycles. The van der Waals surface area contributed by atoms with Crippen molar-refractivity contribution in [1.82, 2.24) is 9.62 Å². The van der Waals surface area contributed by atoms with Gasteiger partial charge in [-0.2, -0.15) is 0 Å². The van der Waals surface area contributed by atoms with Gasteiger partial charge in [0.2, 0.25) is 0 Å². The SMILES string of the molecule is CN(Sc1ccc(OC(F)(F)F)cc1)C(=O)NC(=O)c1ccccc1. The molecule has 2 rings (SSSR count). The fraction of sp³-hybridized carbons (Fsp3) is 0.125. The molecule has 0 radical (unpaired) electrons. The lowest BCUT2D eigenvalue weighted by atomic mass is 10.2. The Bertz CT molecular complexity index is 737. The zero-order valence-electron chi connectivity index (χ0n) is 12.9. The van der Waals surface area contributed by atoms with Crippen LogP contribution in [0, 0.1) is 0 Å². The number of hydrogen-bond donors (Lipinski definition) is 1. The molecule has 9 heteroatoms. The van der Waals surface area contributed by atoms with Gasteiger partial charge >= 0.3 is 12.4 Å². The highest BCUT2D eigenvalue weighted by atomic mass is 32.2. The van der Waals surface area contributed by atoms with Gasteiger partial charge in [0, 0.05) is 17.5 Å². The van der Waals surface area contributed by atoms with Crippen molar-refractivity contribution in [2.24, 2.45) is 0 Å². The second kappa shape index (κ2) is 7.93. The lowest BCUT2D eigenvalue weighted by Crippen LogP contribution is -2.37. The van der Waals surface area contributed by atoms with Crippen LogP contribution in [0.5, 0.6) is 5.75 Å². The maximum Gasteiger partial charge on any atom is 0.573 e. The molecule has 0 aliphatic heterocycles. The Labute approximate surface area is 145 Å². The molecule has 0 unspecified atom stereocenters. The Morgan fingerprint density at radius 1 is 1.04 bits per heavy atom. The first-order valence-electron chi connectivity index (χ1n) is 6.92. The number of alkyl halides is 3. The quantitative estimate of drug-likeness (QED) is 0.824. The van der Waals surface area contributed by atoms with E-state index in [9.17, 15) is 22.8 Å². The topological polar surface area (TPSA) is 58.6 Å². The van der Waals surface area contributed by atoms with Crippen LogP contribution >= 0.6 is 11.9 Å². The van der Waals surface area contributed by atoms with Crippen molar-refractivity contribution in [3.63, 3.8) is 0 Å². The number of urea groups is 1. The van der Waals surface area contributed by atoms with Crippen molar-refractivity contribution in [2.45, 2.75) is 11.3 Å². The predicted molar refractivity (Wildman–Crippen MR) is 86.0 cm³/mol. The Morgan fingerprint density at radius 3 is 2.20 bits per heavy atom. The fourth-order valence-corrected chi connectivity index (χ4v) is 2.44. The van der Waals surface area contributed by atoms with E-state index in [4.69, 9.17) is 0 Å². The van der Waals surface area contributed by atoms with Crippen LogP contribution in [0.25, 0.3) is 0 Å². The van der Waals surface area contributed by atoms with Crippen LogP contribution in [0.3, 0.4) is 0 Å². The molecule has 5 nitrogen and oxygen atoms in total. The minimum absolute atomic E-state index is 0.336. The summed E-state index contributed by atoms with van der Waals surface area (Å²) in [5.41, 5.74) is 0.336. The minimum Gasteiger partial charge on any atom is -0.406 e. The Morgan fingerprint density at radius 2 is 1.64 bits per heavy atom. The maximum absolute atomic E-state index is 12.1. The number of benzene rings is 2. The highest BCUT2D eigenvalue weighted by molar-refractivity contribution is 7.97. The highest BCUT2D eigenvalue weighted by Crippen LogP contribution is 2.27. The molecular weight excluding hydrogens is 357 g/mol. The van der Waals surface area contributed by atoms with E-state index in [1.807, 2.05) is 0 Å². The standard InChI is InChI=1S/C16H13F3N2O3S/c1-21(15(23)20-14(22)11-5-3-2-4-6-11)25-13-9-7-12(8-10-13)24-16(17,18)19/h2-10H,1H3,(H,20,22,23).